The van der Waals surface area contributed by atoms with Crippen molar-refractivity contribution in [3.8, 4) is 5.75 Å². The van der Waals surface area contributed by atoms with Crippen molar-refractivity contribution in [2.24, 2.45) is 5.73 Å². The number of thiazole rings is 1. The summed E-state index contributed by atoms with van der Waals surface area (Å²) < 4.78 is 5.66. The zero-order valence-corrected chi connectivity index (χ0v) is 11.9. The van der Waals surface area contributed by atoms with E-state index < -0.39 is 0 Å². The number of nitrogens with two attached hydrogens (primary N) is 1. The van der Waals surface area contributed by atoms with Crippen LogP contribution in [0.3, 0.4) is 0 Å². The van der Waals surface area contributed by atoms with E-state index in [4.69, 9.17) is 22.7 Å². The molecule has 0 radical (unpaired) electrons. The van der Waals surface area contributed by atoms with E-state index in [0.717, 1.165) is 21.3 Å². The van der Waals surface area contributed by atoms with Crippen LogP contribution in [-0.2, 0) is 6.61 Å². The van der Waals surface area contributed by atoms with E-state index in [1.807, 2.05) is 38.1 Å². The monoisotopic (exact) mass is 278 g/mol. The SMILES string of the molecule is Cc1ccc(OCc2nc(C)c(C(N)=S)s2)cc1. The molecule has 0 atom stereocenters. The van der Waals surface area contributed by atoms with E-state index in [-0.39, 0.29) is 0 Å². The van der Waals surface area contributed by atoms with Crippen molar-refractivity contribution in [3.05, 3.63) is 45.4 Å². The van der Waals surface area contributed by atoms with Crippen molar-refractivity contribution in [2.45, 2.75) is 20.5 Å². The molecule has 0 unspecified atom stereocenters. The molecule has 0 bridgehead atoms. The van der Waals surface area contributed by atoms with Gasteiger partial charge < -0.3 is 10.5 Å². The third kappa shape index (κ3) is 3.05. The van der Waals surface area contributed by atoms with Crippen LogP contribution in [0, 0.1) is 13.8 Å². The highest BCUT2D eigenvalue weighted by atomic mass is 32.1. The Morgan fingerprint density at radius 1 is 1.33 bits per heavy atom. The lowest BCUT2D eigenvalue weighted by Crippen LogP contribution is -2.08. The zero-order valence-electron chi connectivity index (χ0n) is 10.3. The molecule has 0 aliphatic heterocycles. The van der Waals surface area contributed by atoms with E-state index in [1.54, 1.807) is 0 Å². The summed E-state index contributed by atoms with van der Waals surface area (Å²) in [4.78, 5) is 5.65. The average molecular weight is 278 g/mol. The minimum atomic E-state index is 0.395. The van der Waals surface area contributed by atoms with Crippen molar-refractivity contribution in [3.63, 3.8) is 0 Å². The van der Waals surface area contributed by atoms with E-state index in [9.17, 15) is 0 Å². The Hall–Kier alpha value is -1.46. The first-order valence-corrected chi connectivity index (χ1v) is 6.74. The molecule has 0 aliphatic carbocycles. The number of hydrogen-bond acceptors (Lipinski definition) is 4. The molecule has 0 aliphatic rings. The summed E-state index contributed by atoms with van der Waals surface area (Å²) in [5.41, 5.74) is 7.69. The number of thiocarbonyl (C=S) groups is 1. The third-order valence-electron chi connectivity index (χ3n) is 2.45. The van der Waals surface area contributed by atoms with Crippen molar-refractivity contribution < 1.29 is 4.74 Å². The smallest absolute Gasteiger partial charge is 0.140 e. The predicted octanol–water partition coefficient (Wildman–Crippen LogP) is 2.97. The molecule has 2 aromatic rings. The summed E-state index contributed by atoms with van der Waals surface area (Å²) in [6, 6.07) is 7.93. The van der Waals surface area contributed by atoms with Gasteiger partial charge in [0, 0.05) is 0 Å². The molecule has 2 rings (SSSR count). The molecule has 1 aromatic heterocycles. The van der Waals surface area contributed by atoms with Crippen LogP contribution in [-0.4, -0.2) is 9.97 Å². The molecule has 94 valence electrons. The zero-order chi connectivity index (χ0) is 13.1. The topological polar surface area (TPSA) is 48.1 Å². The first-order chi connectivity index (χ1) is 8.56. The molecular weight excluding hydrogens is 264 g/mol. The Bertz CT molecular complexity index is 561. The predicted molar refractivity (Wildman–Crippen MR) is 78.2 cm³/mol. The van der Waals surface area contributed by atoms with Crippen molar-refractivity contribution in [1.29, 1.82) is 0 Å². The molecule has 0 saturated heterocycles. The van der Waals surface area contributed by atoms with Crippen molar-refractivity contribution in [1.82, 2.24) is 4.98 Å². The lowest BCUT2D eigenvalue weighted by atomic mass is 10.2. The molecule has 5 heteroatoms. The lowest BCUT2D eigenvalue weighted by molar-refractivity contribution is 0.305. The fraction of sp³-hybridized carbons (Fsp3) is 0.231. The summed E-state index contributed by atoms with van der Waals surface area (Å²) in [7, 11) is 0. The minimum Gasteiger partial charge on any atom is -0.486 e. The summed E-state index contributed by atoms with van der Waals surface area (Å²) in [5, 5.41) is 0.885. The minimum absolute atomic E-state index is 0.395. The van der Waals surface area contributed by atoms with Crippen LogP contribution in [0.1, 0.15) is 21.1 Å². The summed E-state index contributed by atoms with van der Waals surface area (Å²) >= 11 is 6.45. The summed E-state index contributed by atoms with van der Waals surface area (Å²) in [5.74, 6) is 0.838. The molecule has 1 aromatic carbocycles. The fourth-order valence-electron chi connectivity index (χ4n) is 1.52. The highest BCUT2D eigenvalue weighted by molar-refractivity contribution is 7.81. The maximum atomic E-state index is 5.66. The van der Waals surface area contributed by atoms with Gasteiger partial charge in [0.25, 0.3) is 0 Å². The number of nitrogens with zero attached hydrogens (tertiary/aromatic N) is 1. The molecule has 2 N–H and O–H groups in total. The molecule has 1 heterocycles. The van der Waals surface area contributed by atoms with Crippen LogP contribution in [0.5, 0.6) is 5.75 Å². The molecule has 18 heavy (non-hydrogen) atoms. The van der Waals surface area contributed by atoms with Crippen LogP contribution in [0.15, 0.2) is 24.3 Å². The average Bonchev–Trinajstić information content (AvgIpc) is 2.70. The quantitative estimate of drug-likeness (QED) is 0.874. The van der Waals surface area contributed by atoms with Crippen LogP contribution < -0.4 is 10.5 Å². The second-order valence-electron chi connectivity index (χ2n) is 3.99. The first-order valence-electron chi connectivity index (χ1n) is 5.52. The van der Waals surface area contributed by atoms with Gasteiger partial charge in [0.05, 0.1) is 10.6 Å². The van der Waals surface area contributed by atoms with Crippen molar-refractivity contribution >= 4 is 28.5 Å². The lowest BCUT2D eigenvalue weighted by Gasteiger charge is -2.03. The Morgan fingerprint density at radius 2 is 2.00 bits per heavy atom. The molecule has 0 fully saturated rings. The van der Waals surface area contributed by atoms with Gasteiger partial charge in [-0.15, -0.1) is 11.3 Å². The Balaban J connectivity index is 2.04. The highest BCUT2D eigenvalue weighted by Crippen LogP contribution is 2.20. The highest BCUT2D eigenvalue weighted by Gasteiger charge is 2.10. The van der Waals surface area contributed by atoms with Gasteiger partial charge in [0.1, 0.15) is 22.4 Å². The summed E-state index contributed by atoms with van der Waals surface area (Å²) in [6.45, 7) is 4.39. The van der Waals surface area contributed by atoms with Gasteiger partial charge in [-0.25, -0.2) is 4.98 Å². The molecule has 0 spiro atoms. The second-order valence-corrected chi connectivity index (χ2v) is 5.51. The van der Waals surface area contributed by atoms with Gasteiger partial charge in [0.2, 0.25) is 0 Å². The van der Waals surface area contributed by atoms with Gasteiger partial charge in [-0.3, -0.25) is 0 Å². The Morgan fingerprint density at radius 3 is 2.56 bits per heavy atom. The molecule has 0 amide bonds. The van der Waals surface area contributed by atoms with Crippen molar-refractivity contribution in [2.75, 3.05) is 0 Å². The molecule has 0 saturated carbocycles. The van der Waals surface area contributed by atoms with Crippen LogP contribution in [0.2, 0.25) is 0 Å². The number of aromatic nitrogens is 1. The van der Waals surface area contributed by atoms with E-state index >= 15 is 0 Å². The largest absolute Gasteiger partial charge is 0.486 e. The first kappa shape index (κ1) is 13.0. The third-order valence-corrected chi connectivity index (χ3v) is 3.95. The van der Waals surface area contributed by atoms with Crippen LogP contribution >= 0.6 is 23.6 Å². The van der Waals surface area contributed by atoms with Gasteiger partial charge in [-0.2, -0.15) is 0 Å². The fourth-order valence-corrected chi connectivity index (χ4v) is 2.62. The van der Waals surface area contributed by atoms with Gasteiger partial charge in [-0.05, 0) is 26.0 Å². The number of ether oxygens (including phenoxy) is 1. The second kappa shape index (κ2) is 5.46. The van der Waals surface area contributed by atoms with E-state index in [2.05, 4.69) is 4.98 Å². The Kier molecular flexibility index (Phi) is 3.93. The standard InChI is InChI=1S/C13H14N2OS2/c1-8-3-5-10(6-4-8)16-7-11-15-9(2)12(18-11)13(14)17/h3-6H,7H2,1-2H3,(H2,14,17). The van der Waals surface area contributed by atoms with Crippen LogP contribution in [0.25, 0.3) is 0 Å². The summed E-state index contributed by atoms with van der Waals surface area (Å²) in [6.07, 6.45) is 0. The maximum Gasteiger partial charge on any atom is 0.140 e. The van der Waals surface area contributed by atoms with Gasteiger partial charge in [-0.1, -0.05) is 29.9 Å². The number of rotatable bonds is 4. The van der Waals surface area contributed by atoms with Gasteiger partial charge >= 0.3 is 0 Å². The van der Waals surface area contributed by atoms with Crippen LogP contribution in [0.4, 0.5) is 0 Å². The molecular formula is C13H14N2OS2. The van der Waals surface area contributed by atoms with E-state index in [1.165, 1.54) is 16.9 Å². The number of aryl methyl sites for hydroxylation is 2. The number of hydrogen-bond donors (Lipinski definition) is 1. The number of benzene rings is 1. The normalized spacial score (nSPS) is 10.3. The molecule has 3 nitrogen and oxygen atoms in total. The maximum absolute atomic E-state index is 5.66. The Labute approximate surface area is 116 Å². The van der Waals surface area contributed by atoms with Gasteiger partial charge in [0.15, 0.2) is 0 Å². The van der Waals surface area contributed by atoms with E-state index in [0.29, 0.717) is 11.6 Å².